The van der Waals surface area contributed by atoms with Crippen LogP contribution in [0.3, 0.4) is 0 Å². The van der Waals surface area contributed by atoms with Gasteiger partial charge in [-0.1, -0.05) is 49.2 Å². The van der Waals surface area contributed by atoms with Crippen molar-refractivity contribution in [1.82, 2.24) is 10.2 Å². The van der Waals surface area contributed by atoms with E-state index in [1.165, 1.54) is 11.6 Å². The molecule has 2 fully saturated rings. The molecule has 1 aliphatic heterocycles. The molecule has 1 heterocycles. The molecule has 2 atom stereocenters. The lowest BCUT2D eigenvalue weighted by atomic mass is 9.88. The summed E-state index contributed by atoms with van der Waals surface area (Å²) in [5, 5.41) is 3.22. The van der Waals surface area contributed by atoms with Gasteiger partial charge in [0.25, 0.3) is 0 Å². The number of amides is 1. The van der Waals surface area contributed by atoms with Gasteiger partial charge in [0, 0.05) is 31.6 Å². The van der Waals surface area contributed by atoms with Crippen LogP contribution < -0.4 is 10.1 Å². The van der Waals surface area contributed by atoms with Crippen molar-refractivity contribution in [3.63, 3.8) is 0 Å². The molecule has 178 valence electrons. The van der Waals surface area contributed by atoms with Crippen LogP contribution in [0, 0.1) is 11.8 Å². The fraction of sp³-hybridized carbons (Fsp3) is 0.500. The van der Waals surface area contributed by atoms with Crippen LogP contribution in [0.4, 0.5) is 13.2 Å². The van der Waals surface area contributed by atoms with Crippen LogP contribution in [0.1, 0.15) is 43.2 Å². The van der Waals surface area contributed by atoms with E-state index in [-0.39, 0.29) is 36.1 Å². The molecule has 4 rings (SSSR count). The van der Waals surface area contributed by atoms with E-state index >= 15 is 0 Å². The number of carbonyl (C=O) groups excluding carboxylic acids is 1. The molecule has 0 aromatic heterocycles. The van der Waals surface area contributed by atoms with Crippen LogP contribution in [-0.4, -0.2) is 36.5 Å². The van der Waals surface area contributed by atoms with Gasteiger partial charge in [0.05, 0.1) is 18.1 Å². The highest BCUT2D eigenvalue weighted by Gasteiger charge is 2.34. The third-order valence-electron chi connectivity index (χ3n) is 6.58. The van der Waals surface area contributed by atoms with Gasteiger partial charge in [-0.05, 0) is 43.0 Å². The molecule has 0 unspecified atom stereocenters. The van der Waals surface area contributed by atoms with Crippen molar-refractivity contribution < 1.29 is 22.7 Å². The molecule has 4 nitrogen and oxygen atoms in total. The van der Waals surface area contributed by atoms with Gasteiger partial charge < -0.3 is 10.1 Å². The van der Waals surface area contributed by atoms with Gasteiger partial charge >= 0.3 is 6.18 Å². The minimum absolute atomic E-state index is 0.0522. The van der Waals surface area contributed by atoms with E-state index in [2.05, 4.69) is 22.3 Å². The van der Waals surface area contributed by atoms with Crippen LogP contribution in [0.25, 0.3) is 0 Å². The number of carbonyl (C=O) groups is 1. The van der Waals surface area contributed by atoms with Crippen molar-refractivity contribution in [2.75, 3.05) is 19.7 Å². The lowest BCUT2D eigenvalue weighted by Gasteiger charge is -2.37. The SMILES string of the molecule is O=C(NC1CCCC1)[C@@H]1C[C@H](COc2cccc(C(F)(F)F)c2)CN(Cc2ccccc2)C1. The van der Waals surface area contributed by atoms with Crippen molar-refractivity contribution in [3.8, 4) is 5.75 Å². The predicted octanol–water partition coefficient (Wildman–Crippen LogP) is 5.28. The summed E-state index contributed by atoms with van der Waals surface area (Å²) < 4.78 is 44.8. The molecular formula is C26H31F3N2O2. The highest BCUT2D eigenvalue weighted by Crippen LogP contribution is 2.32. The lowest BCUT2D eigenvalue weighted by Crippen LogP contribution is -2.48. The fourth-order valence-electron chi connectivity index (χ4n) is 4.95. The molecule has 1 N–H and O–H groups in total. The van der Waals surface area contributed by atoms with E-state index in [0.717, 1.165) is 50.9 Å². The van der Waals surface area contributed by atoms with Crippen molar-refractivity contribution in [3.05, 3.63) is 65.7 Å². The largest absolute Gasteiger partial charge is 0.493 e. The van der Waals surface area contributed by atoms with E-state index < -0.39 is 11.7 Å². The molecule has 0 bridgehead atoms. The monoisotopic (exact) mass is 460 g/mol. The topological polar surface area (TPSA) is 41.6 Å². The summed E-state index contributed by atoms with van der Waals surface area (Å²) in [6, 6.07) is 15.4. The Balaban J connectivity index is 1.42. The number of hydrogen-bond donors (Lipinski definition) is 1. The Morgan fingerprint density at radius 2 is 1.79 bits per heavy atom. The third-order valence-corrected chi connectivity index (χ3v) is 6.58. The molecule has 0 radical (unpaired) electrons. The Morgan fingerprint density at radius 3 is 2.52 bits per heavy atom. The molecule has 33 heavy (non-hydrogen) atoms. The van der Waals surface area contributed by atoms with Crippen molar-refractivity contribution >= 4 is 5.91 Å². The maximum Gasteiger partial charge on any atom is 0.416 e. The quantitative estimate of drug-likeness (QED) is 0.611. The van der Waals surface area contributed by atoms with Gasteiger partial charge in [0.1, 0.15) is 5.75 Å². The number of nitrogens with zero attached hydrogens (tertiary/aromatic N) is 1. The zero-order valence-corrected chi connectivity index (χ0v) is 18.7. The number of ether oxygens (including phenoxy) is 1. The van der Waals surface area contributed by atoms with Gasteiger partial charge in [-0.25, -0.2) is 0 Å². The van der Waals surface area contributed by atoms with Crippen LogP contribution >= 0.6 is 0 Å². The summed E-state index contributed by atoms with van der Waals surface area (Å²) in [5.41, 5.74) is 0.454. The number of nitrogens with one attached hydrogen (secondary N) is 1. The summed E-state index contributed by atoms with van der Waals surface area (Å²) in [6.07, 6.45) is 0.651. The van der Waals surface area contributed by atoms with Gasteiger partial charge in [-0.3, -0.25) is 9.69 Å². The van der Waals surface area contributed by atoms with E-state index in [9.17, 15) is 18.0 Å². The van der Waals surface area contributed by atoms with E-state index in [1.54, 1.807) is 6.07 Å². The first-order valence-electron chi connectivity index (χ1n) is 11.7. The second-order valence-electron chi connectivity index (χ2n) is 9.30. The second kappa shape index (κ2) is 10.6. The molecule has 1 saturated heterocycles. The fourth-order valence-corrected chi connectivity index (χ4v) is 4.95. The Labute approximate surface area is 193 Å². The van der Waals surface area contributed by atoms with Crippen molar-refractivity contribution in [1.29, 1.82) is 0 Å². The number of likely N-dealkylation sites (tertiary alicyclic amines) is 1. The zero-order valence-electron chi connectivity index (χ0n) is 18.7. The van der Waals surface area contributed by atoms with Crippen LogP contribution in [0.2, 0.25) is 0 Å². The molecule has 1 aliphatic carbocycles. The molecular weight excluding hydrogens is 429 g/mol. The number of halogens is 3. The summed E-state index contributed by atoms with van der Waals surface area (Å²) in [7, 11) is 0. The molecule has 2 aliphatic rings. The Kier molecular flexibility index (Phi) is 7.58. The number of benzene rings is 2. The molecule has 2 aromatic carbocycles. The number of alkyl halides is 3. The average molecular weight is 461 g/mol. The van der Waals surface area contributed by atoms with Crippen molar-refractivity contribution in [2.24, 2.45) is 11.8 Å². The first-order valence-corrected chi connectivity index (χ1v) is 11.7. The lowest BCUT2D eigenvalue weighted by molar-refractivity contribution is -0.137. The van der Waals surface area contributed by atoms with E-state index in [0.29, 0.717) is 13.0 Å². The standard InChI is InChI=1S/C26H31F3N2O2/c27-26(28,29)22-9-6-12-24(14-22)33-18-20-13-21(25(32)30-23-10-4-5-11-23)17-31(16-20)15-19-7-2-1-3-8-19/h1-3,6-9,12,14,20-21,23H,4-5,10-11,13,15-18H2,(H,30,32)/t20-,21+/m0/s1. The Morgan fingerprint density at radius 1 is 1.03 bits per heavy atom. The van der Waals surface area contributed by atoms with Gasteiger partial charge in [-0.15, -0.1) is 0 Å². The van der Waals surface area contributed by atoms with Crippen LogP contribution in [-0.2, 0) is 17.5 Å². The smallest absolute Gasteiger partial charge is 0.416 e. The number of rotatable bonds is 7. The normalized spacial score (nSPS) is 22.3. The Hall–Kier alpha value is -2.54. The predicted molar refractivity (Wildman–Crippen MR) is 121 cm³/mol. The Bertz CT molecular complexity index is 913. The van der Waals surface area contributed by atoms with Gasteiger partial charge in [0.15, 0.2) is 0 Å². The summed E-state index contributed by atoms with van der Waals surface area (Å²) in [6.45, 7) is 2.42. The van der Waals surface area contributed by atoms with Gasteiger partial charge in [-0.2, -0.15) is 13.2 Å². The molecule has 1 saturated carbocycles. The summed E-state index contributed by atoms with van der Waals surface area (Å²) in [5.74, 6) is 0.190. The van der Waals surface area contributed by atoms with Crippen molar-refractivity contribution in [2.45, 2.75) is 50.9 Å². The molecule has 2 aromatic rings. The van der Waals surface area contributed by atoms with E-state index in [1.807, 2.05) is 18.2 Å². The first-order chi connectivity index (χ1) is 15.9. The maximum atomic E-state index is 13.0. The maximum absolute atomic E-state index is 13.0. The minimum Gasteiger partial charge on any atom is -0.493 e. The second-order valence-corrected chi connectivity index (χ2v) is 9.30. The minimum atomic E-state index is -4.40. The molecule has 1 amide bonds. The number of hydrogen-bond acceptors (Lipinski definition) is 3. The first kappa shape index (κ1) is 23.6. The molecule has 7 heteroatoms. The summed E-state index contributed by atoms with van der Waals surface area (Å²) >= 11 is 0. The third kappa shape index (κ3) is 6.73. The molecule has 0 spiro atoms. The van der Waals surface area contributed by atoms with Crippen LogP contribution in [0.5, 0.6) is 5.75 Å². The van der Waals surface area contributed by atoms with Gasteiger partial charge in [0.2, 0.25) is 5.91 Å². The summed E-state index contributed by atoms with van der Waals surface area (Å²) in [4.78, 5) is 15.3. The van der Waals surface area contributed by atoms with Crippen LogP contribution in [0.15, 0.2) is 54.6 Å². The highest BCUT2D eigenvalue weighted by molar-refractivity contribution is 5.79. The highest BCUT2D eigenvalue weighted by atomic mass is 19.4. The number of piperidine rings is 1. The average Bonchev–Trinajstić information content (AvgIpc) is 3.31. The van der Waals surface area contributed by atoms with E-state index in [4.69, 9.17) is 4.74 Å². The zero-order chi connectivity index (χ0) is 23.3.